The average Bonchev–Trinajstić information content (AvgIpc) is 2.68. The maximum absolute atomic E-state index is 11.5. The number of rotatable bonds is 2. The number of cyclic esters (lactones) is 1. The number of fused-ring (bicyclic) bond motifs is 1. The van der Waals surface area contributed by atoms with Crippen molar-refractivity contribution in [1.82, 2.24) is 0 Å². The van der Waals surface area contributed by atoms with E-state index in [0.717, 1.165) is 22.4 Å². The van der Waals surface area contributed by atoms with E-state index in [9.17, 15) is 13.2 Å². The van der Waals surface area contributed by atoms with Gasteiger partial charge >= 0.3 is 6.09 Å². The van der Waals surface area contributed by atoms with E-state index < -0.39 is 21.7 Å². The molecule has 156 valence electrons. The van der Waals surface area contributed by atoms with Crippen LogP contribution in [0.3, 0.4) is 0 Å². The summed E-state index contributed by atoms with van der Waals surface area (Å²) in [5.74, 6) is 0. The number of sulfonamides is 1. The molecule has 8 heteroatoms. The Balaban J connectivity index is 0.000000199. The van der Waals surface area contributed by atoms with Crippen molar-refractivity contribution >= 4 is 27.5 Å². The number of anilines is 2. The van der Waals surface area contributed by atoms with E-state index in [1.807, 2.05) is 44.2 Å². The van der Waals surface area contributed by atoms with Crippen molar-refractivity contribution in [2.75, 3.05) is 11.1 Å². The molecule has 0 radical (unpaired) electrons. The topological polar surface area (TPSA) is 125 Å². The summed E-state index contributed by atoms with van der Waals surface area (Å²) in [7, 11) is -3.58. The Hall–Kier alpha value is -3.36. The number of hydrogen-bond donors (Lipinski definition) is 3. The van der Waals surface area contributed by atoms with Crippen molar-refractivity contribution in [3.63, 3.8) is 0 Å². The Bertz CT molecular complexity index is 1160. The molecule has 1 amide bonds. The van der Waals surface area contributed by atoms with Crippen LogP contribution in [0.25, 0.3) is 11.1 Å². The van der Waals surface area contributed by atoms with Crippen LogP contribution in [0.4, 0.5) is 16.2 Å². The van der Waals surface area contributed by atoms with E-state index in [2.05, 4.69) is 23.5 Å². The van der Waals surface area contributed by atoms with Gasteiger partial charge in [0.25, 0.3) is 0 Å². The molecular weight excluding hydrogens is 402 g/mol. The lowest BCUT2D eigenvalue weighted by molar-refractivity contribution is 0.0421. The molecule has 0 unspecified atom stereocenters. The molecule has 0 saturated heterocycles. The highest BCUT2D eigenvalue weighted by Crippen LogP contribution is 2.37. The predicted molar refractivity (Wildman–Crippen MR) is 117 cm³/mol. The first kappa shape index (κ1) is 21.4. The van der Waals surface area contributed by atoms with Gasteiger partial charge in [0.1, 0.15) is 5.60 Å². The number of carbonyl (C=O) groups is 1. The van der Waals surface area contributed by atoms with Gasteiger partial charge in [0, 0.05) is 11.3 Å². The zero-order chi connectivity index (χ0) is 21.9. The molecule has 30 heavy (non-hydrogen) atoms. The van der Waals surface area contributed by atoms with E-state index in [1.165, 1.54) is 24.3 Å². The van der Waals surface area contributed by atoms with Gasteiger partial charge in [0.15, 0.2) is 0 Å². The molecule has 0 saturated carbocycles. The first-order chi connectivity index (χ1) is 14.1. The Morgan fingerprint density at radius 2 is 1.53 bits per heavy atom. The van der Waals surface area contributed by atoms with E-state index in [-0.39, 0.29) is 4.90 Å². The molecule has 3 aromatic rings. The van der Waals surface area contributed by atoms with Gasteiger partial charge < -0.3 is 10.5 Å². The van der Waals surface area contributed by atoms with Crippen LogP contribution in [0.2, 0.25) is 0 Å². The Morgan fingerprint density at radius 1 is 0.900 bits per heavy atom. The fourth-order valence-electron chi connectivity index (χ4n) is 3.04. The van der Waals surface area contributed by atoms with Gasteiger partial charge in [-0.05, 0) is 61.4 Å². The number of ether oxygens (including phenoxy) is 1. The van der Waals surface area contributed by atoms with Gasteiger partial charge in [-0.1, -0.05) is 36.4 Å². The molecule has 1 heterocycles. The summed E-state index contributed by atoms with van der Waals surface area (Å²) >= 11 is 0. The molecule has 0 aliphatic carbocycles. The van der Waals surface area contributed by atoms with Crippen LogP contribution in [-0.2, 0) is 20.4 Å². The van der Waals surface area contributed by atoms with E-state index >= 15 is 0 Å². The lowest BCUT2D eigenvalue weighted by atomic mass is 9.91. The molecule has 0 spiro atoms. The molecule has 0 aromatic heterocycles. The summed E-state index contributed by atoms with van der Waals surface area (Å²) in [5, 5.41) is 7.57. The smallest absolute Gasteiger partial charge is 0.412 e. The summed E-state index contributed by atoms with van der Waals surface area (Å²) in [4.78, 5) is 11.5. The predicted octanol–water partition coefficient (Wildman–Crippen LogP) is 4.07. The van der Waals surface area contributed by atoms with Crippen molar-refractivity contribution in [2.24, 2.45) is 5.14 Å². The fourth-order valence-corrected chi connectivity index (χ4v) is 3.56. The van der Waals surface area contributed by atoms with Crippen LogP contribution in [0.5, 0.6) is 0 Å². The van der Waals surface area contributed by atoms with E-state index in [1.54, 1.807) is 0 Å². The van der Waals surface area contributed by atoms with Crippen LogP contribution in [0.1, 0.15) is 19.4 Å². The Morgan fingerprint density at radius 3 is 2.13 bits per heavy atom. The average molecular weight is 426 g/mol. The molecule has 7 nitrogen and oxygen atoms in total. The Kier molecular flexibility index (Phi) is 5.82. The second kappa shape index (κ2) is 8.17. The maximum Gasteiger partial charge on any atom is 0.412 e. The minimum atomic E-state index is -3.58. The van der Waals surface area contributed by atoms with Gasteiger partial charge in [0.2, 0.25) is 10.0 Å². The molecule has 1 aliphatic rings. The molecule has 0 fully saturated rings. The van der Waals surface area contributed by atoms with Crippen molar-refractivity contribution in [3.05, 3.63) is 78.4 Å². The lowest BCUT2D eigenvalue weighted by Gasteiger charge is -2.32. The largest absolute Gasteiger partial charge is 0.438 e. The number of nitrogen functional groups attached to an aromatic ring is 1. The summed E-state index contributed by atoms with van der Waals surface area (Å²) in [6.07, 6.45) is -0.398. The van der Waals surface area contributed by atoms with Crippen molar-refractivity contribution in [1.29, 1.82) is 0 Å². The quantitative estimate of drug-likeness (QED) is 0.534. The third-order valence-corrected chi connectivity index (χ3v) is 5.50. The van der Waals surface area contributed by atoms with Gasteiger partial charge in [-0.15, -0.1) is 0 Å². The van der Waals surface area contributed by atoms with Crippen LogP contribution in [-0.4, -0.2) is 14.5 Å². The number of benzene rings is 3. The zero-order valence-corrected chi connectivity index (χ0v) is 17.4. The summed E-state index contributed by atoms with van der Waals surface area (Å²) in [5.41, 5.74) is 9.32. The third kappa shape index (κ3) is 4.97. The number of carbonyl (C=O) groups excluding carboxylic acids is 1. The minimum absolute atomic E-state index is 0.0756. The second-order valence-corrected chi connectivity index (χ2v) is 8.83. The number of nitrogens with one attached hydrogen (secondary N) is 1. The first-order valence-electron chi connectivity index (χ1n) is 9.14. The number of primary sulfonamides is 1. The van der Waals surface area contributed by atoms with Crippen LogP contribution < -0.4 is 16.2 Å². The van der Waals surface area contributed by atoms with E-state index in [0.29, 0.717) is 5.69 Å². The summed E-state index contributed by atoms with van der Waals surface area (Å²) in [6, 6.07) is 21.9. The normalized spacial score (nSPS) is 14.4. The monoisotopic (exact) mass is 425 g/mol. The lowest BCUT2D eigenvalue weighted by Crippen LogP contribution is -2.34. The van der Waals surface area contributed by atoms with Crippen LogP contribution >= 0.6 is 0 Å². The van der Waals surface area contributed by atoms with Crippen molar-refractivity contribution in [3.8, 4) is 11.1 Å². The third-order valence-electron chi connectivity index (χ3n) is 4.57. The molecule has 3 aromatic carbocycles. The highest BCUT2D eigenvalue weighted by Gasteiger charge is 2.33. The zero-order valence-electron chi connectivity index (χ0n) is 16.6. The van der Waals surface area contributed by atoms with Gasteiger partial charge in [-0.2, -0.15) is 0 Å². The molecule has 1 aliphatic heterocycles. The van der Waals surface area contributed by atoms with Crippen LogP contribution in [0.15, 0.2) is 77.7 Å². The highest BCUT2D eigenvalue weighted by atomic mass is 32.2. The van der Waals surface area contributed by atoms with Gasteiger partial charge in [-0.3, -0.25) is 5.32 Å². The van der Waals surface area contributed by atoms with Crippen LogP contribution in [0, 0.1) is 0 Å². The van der Waals surface area contributed by atoms with Crippen molar-refractivity contribution in [2.45, 2.75) is 24.3 Å². The second-order valence-electron chi connectivity index (χ2n) is 7.27. The number of amides is 1. The first-order valence-corrected chi connectivity index (χ1v) is 10.7. The van der Waals surface area contributed by atoms with Gasteiger partial charge in [-0.25, -0.2) is 18.4 Å². The summed E-state index contributed by atoms with van der Waals surface area (Å²) < 4.78 is 26.7. The summed E-state index contributed by atoms with van der Waals surface area (Å²) in [6.45, 7) is 3.80. The fraction of sp³-hybridized carbons (Fsp3) is 0.136. The molecule has 5 N–H and O–H groups in total. The van der Waals surface area contributed by atoms with Crippen molar-refractivity contribution < 1.29 is 17.9 Å². The standard InChI is InChI=1S/C16H15NO2.C6H8N2O2S/c1-16(2)13-10-12(11-6-4-3-5-7-11)8-9-14(13)17-15(18)19-16;7-5-1-3-6(4-2-5)11(8,9)10/h3-10H,1-2H3,(H,17,18);1-4H,7H2,(H2,8,9,10). The maximum atomic E-state index is 11.5. The van der Waals surface area contributed by atoms with E-state index in [4.69, 9.17) is 15.6 Å². The Labute approximate surface area is 175 Å². The number of nitrogens with two attached hydrogens (primary N) is 2. The minimum Gasteiger partial charge on any atom is -0.438 e. The molecule has 0 atom stereocenters. The highest BCUT2D eigenvalue weighted by molar-refractivity contribution is 7.89. The molecule has 4 rings (SSSR count). The number of hydrogen-bond acceptors (Lipinski definition) is 5. The SMILES string of the molecule is CC1(C)OC(=O)Nc2ccc(-c3ccccc3)cc21.Nc1ccc(S(N)(=O)=O)cc1. The molecule has 0 bridgehead atoms. The van der Waals surface area contributed by atoms with Gasteiger partial charge in [0.05, 0.1) is 10.6 Å². The molecular formula is C22H23N3O4S.